The molecule has 3 rings (SSSR count). The second kappa shape index (κ2) is 11.0. The van der Waals surface area contributed by atoms with E-state index in [0.717, 1.165) is 35.1 Å². The molecule has 0 bridgehead atoms. The standard InChI is InChI=1S/C20H24ClN5O2S/c1-3-28-19-17(21)12-15(13-18(19)27-2)14-22-10-7-11-29-20-23-24-25-26(20)16-8-5-4-6-9-16/h4-6,8-9,12-13,22H,3,7,10-11,14H2,1-2H3. The van der Waals surface area contributed by atoms with E-state index in [9.17, 15) is 0 Å². The van der Waals surface area contributed by atoms with Gasteiger partial charge in [-0.3, -0.25) is 0 Å². The number of rotatable bonds is 11. The Morgan fingerprint density at radius 1 is 1.21 bits per heavy atom. The van der Waals surface area contributed by atoms with E-state index in [2.05, 4.69) is 20.8 Å². The Morgan fingerprint density at radius 3 is 2.79 bits per heavy atom. The summed E-state index contributed by atoms with van der Waals surface area (Å²) in [5.41, 5.74) is 2.01. The molecule has 3 aromatic rings. The monoisotopic (exact) mass is 433 g/mol. The van der Waals surface area contributed by atoms with Gasteiger partial charge in [0.1, 0.15) is 0 Å². The molecule has 2 aromatic carbocycles. The smallest absolute Gasteiger partial charge is 0.214 e. The average Bonchev–Trinajstić information content (AvgIpc) is 3.21. The molecule has 0 aliphatic heterocycles. The number of ether oxygens (including phenoxy) is 2. The number of halogens is 1. The maximum atomic E-state index is 6.32. The summed E-state index contributed by atoms with van der Waals surface area (Å²) in [6, 6.07) is 13.7. The maximum Gasteiger partial charge on any atom is 0.214 e. The van der Waals surface area contributed by atoms with E-state index in [4.69, 9.17) is 21.1 Å². The van der Waals surface area contributed by atoms with Crippen LogP contribution in [0.2, 0.25) is 5.02 Å². The molecule has 7 nitrogen and oxygen atoms in total. The highest BCUT2D eigenvalue weighted by molar-refractivity contribution is 7.99. The molecular formula is C20H24ClN5O2S. The summed E-state index contributed by atoms with van der Waals surface area (Å²) in [6.07, 6.45) is 0.980. The van der Waals surface area contributed by atoms with E-state index < -0.39 is 0 Å². The average molecular weight is 434 g/mol. The van der Waals surface area contributed by atoms with E-state index in [1.807, 2.05) is 49.4 Å². The Kier molecular flexibility index (Phi) is 8.15. The van der Waals surface area contributed by atoms with Gasteiger partial charge in [0, 0.05) is 12.3 Å². The third-order valence-electron chi connectivity index (χ3n) is 4.08. The van der Waals surface area contributed by atoms with Crippen molar-refractivity contribution >= 4 is 23.4 Å². The van der Waals surface area contributed by atoms with Crippen LogP contribution in [-0.2, 0) is 6.54 Å². The topological polar surface area (TPSA) is 74.1 Å². The number of hydrogen-bond donors (Lipinski definition) is 1. The normalized spacial score (nSPS) is 10.9. The molecule has 9 heteroatoms. The van der Waals surface area contributed by atoms with Crippen molar-refractivity contribution in [2.45, 2.75) is 25.0 Å². The molecule has 0 fully saturated rings. The van der Waals surface area contributed by atoms with Crippen molar-refractivity contribution in [3.8, 4) is 17.2 Å². The molecule has 0 aliphatic carbocycles. The van der Waals surface area contributed by atoms with Crippen LogP contribution in [0.1, 0.15) is 18.9 Å². The zero-order chi connectivity index (χ0) is 20.5. The highest BCUT2D eigenvalue weighted by atomic mass is 35.5. The lowest BCUT2D eigenvalue weighted by atomic mass is 10.2. The summed E-state index contributed by atoms with van der Waals surface area (Å²) in [6.45, 7) is 4.03. The van der Waals surface area contributed by atoms with Crippen molar-refractivity contribution in [2.24, 2.45) is 0 Å². The lowest BCUT2D eigenvalue weighted by Crippen LogP contribution is -2.15. The number of hydrogen-bond acceptors (Lipinski definition) is 7. The number of aromatic nitrogens is 4. The van der Waals surface area contributed by atoms with Crippen LogP contribution in [0.4, 0.5) is 0 Å². The first-order chi connectivity index (χ1) is 14.2. The fourth-order valence-corrected chi connectivity index (χ4v) is 3.87. The van der Waals surface area contributed by atoms with Crippen LogP contribution in [-0.4, -0.2) is 46.2 Å². The molecule has 1 aromatic heterocycles. The van der Waals surface area contributed by atoms with Crippen LogP contribution in [0.25, 0.3) is 5.69 Å². The largest absolute Gasteiger partial charge is 0.493 e. The summed E-state index contributed by atoms with van der Waals surface area (Å²) in [7, 11) is 1.62. The molecule has 0 spiro atoms. The van der Waals surface area contributed by atoms with Gasteiger partial charge in [0.05, 0.1) is 24.4 Å². The molecule has 0 amide bonds. The second-order valence-corrected chi connectivity index (χ2v) is 7.60. The fraction of sp³-hybridized carbons (Fsp3) is 0.350. The van der Waals surface area contributed by atoms with Crippen molar-refractivity contribution < 1.29 is 9.47 Å². The Hall–Kier alpha value is -2.29. The molecule has 0 unspecified atom stereocenters. The highest BCUT2D eigenvalue weighted by Crippen LogP contribution is 2.36. The van der Waals surface area contributed by atoms with Crippen molar-refractivity contribution in [3.63, 3.8) is 0 Å². The molecule has 0 saturated heterocycles. The maximum absolute atomic E-state index is 6.32. The van der Waals surface area contributed by atoms with Crippen LogP contribution in [0.3, 0.4) is 0 Å². The van der Waals surface area contributed by atoms with E-state index in [1.54, 1.807) is 23.6 Å². The molecule has 29 heavy (non-hydrogen) atoms. The van der Waals surface area contributed by atoms with Gasteiger partial charge in [0.2, 0.25) is 5.16 Å². The summed E-state index contributed by atoms with van der Waals surface area (Å²) in [5.74, 6) is 2.15. The molecular weight excluding hydrogens is 410 g/mol. The molecule has 0 radical (unpaired) electrons. The summed E-state index contributed by atoms with van der Waals surface area (Å²) >= 11 is 7.96. The molecule has 0 saturated carbocycles. The Bertz CT molecular complexity index is 907. The molecule has 0 atom stereocenters. The van der Waals surface area contributed by atoms with Gasteiger partial charge in [-0.05, 0) is 60.1 Å². The summed E-state index contributed by atoms with van der Waals surface area (Å²) < 4.78 is 12.7. The predicted octanol–water partition coefficient (Wildman–Crippen LogP) is 4.00. The van der Waals surface area contributed by atoms with Crippen LogP contribution >= 0.6 is 23.4 Å². The quantitative estimate of drug-likeness (QED) is 0.362. The number of thioether (sulfide) groups is 1. The third kappa shape index (κ3) is 5.85. The SMILES string of the molecule is CCOc1c(Cl)cc(CNCCCSc2nnnn2-c2ccccc2)cc1OC. The minimum atomic E-state index is 0.541. The third-order valence-corrected chi connectivity index (χ3v) is 5.36. The number of tetrazole rings is 1. The van der Waals surface area contributed by atoms with E-state index in [-0.39, 0.29) is 0 Å². The Balaban J connectivity index is 1.44. The summed E-state index contributed by atoms with van der Waals surface area (Å²) in [5, 5.41) is 16.8. The summed E-state index contributed by atoms with van der Waals surface area (Å²) in [4.78, 5) is 0. The van der Waals surface area contributed by atoms with Crippen LogP contribution in [0.5, 0.6) is 11.5 Å². The fourth-order valence-electron chi connectivity index (χ4n) is 2.75. The lowest BCUT2D eigenvalue weighted by Gasteiger charge is -2.13. The van der Waals surface area contributed by atoms with Gasteiger partial charge in [0.25, 0.3) is 0 Å². The van der Waals surface area contributed by atoms with Gasteiger partial charge < -0.3 is 14.8 Å². The van der Waals surface area contributed by atoms with Crippen LogP contribution in [0.15, 0.2) is 47.6 Å². The van der Waals surface area contributed by atoms with Gasteiger partial charge in [-0.2, -0.15) is 4.68 Å². The minimum absolute atomic E-state index is 0.541. The first kappa shape index (κ1) is 21.4. The predicted molar refractivity (Wildman–Crippen MR) is 115 cm³/mol. The van der Waals surface area contributed by atoms with E-state index >= 15 is 0 Å². The number of nitrogens with one attached hydrogen (secondary N) is 1. The number of methoxy groups -OCH3 is 1. The van der Waals surface area contributed by atoms with Crippen molar-refractivity contribution in [1.29, 1.82) is 0 Å². The van der Waals surface area contributed by atoms with Gasteiger partial charge in [0.15, 0.2) is 11.5 Å². The highest BCUT2D eigenvalue weighted by Gasteiger charge is 2.12. The van der Waals surface area contributed by atoms with Crippen molar-refractivity contribution in [2.75, 3.05) is 26.0 Å². The number of nitrogens with zero attached hydrogens (tertiary/aromatic N) is 4. The van der Waals surface area contributed by atoms with Gasteiger partial charge >= 0.3 is 0 Å². The molecule has 1 heterocycles. The van der Waals surface area contributed by atoms with Gasteiger partial charge in [-0.1, -0.05) is 41.6 Å². The van der Waals surface area contributed by atoms with Gasteiger partial charge in [-0.15, -0.1) is 5.10 Å². The first-order valence-corrected chi connectivity index (χ1v) is 10.8. The van der Waals surface area contributed by atoms with Crippen molar-refractivity contribution in [1.82, 2.24) is 25.5 Å². The van der Waals surface area contributed by atoms with Crippen LogP contribution < -0.4 is 14.8 Å². The Labute approximate surface area is 179 Å². The number of benzene rings is 2. The zero-order valence-corrected chi connectivity index (χ0v) is 18.0. The minimum Gasteiger partial charge on any atom is -0.493 e. The zero-order valence-electron chi connectivity index (χ0n) is 16.5. The van der Waals surface area contributed by atoms with E-state index in [1.165, 1.54) is 0 Å². The van der Waals surface area contributed by atoms with Crippen molar-refractivity contribution in [3.05, 3.63) is 53.1 Å². The molecule has 154 valence electrons. The van der Waals surface area contributed by atoms with Crippen LogP contribution in [0, 0.1) is 0 Å². The molecule has 0 aliphatic rings. The Morgan fingerprint density at radius 2 is 2.03 bits per heavy atom. The first-order valence-electron chi connectivity index (χ1n) is 9.39. The second-order valence-electron chi connectivity index (χ2n) is 6.13. The van der Waals surface area contributed by atoms with E-state index in [0.29, 0.717) is 29.7 Å². The molecule has 1 N–H and O–H groups in total. The number of para-hydroxylation sites is 1. The lowest BCUT2D eigenvalue weighted by molar-refractivity contribution is 0.311. The van der Waals surface area contributed by atoms with Gasteiger partial charge in [-0.25, -0.2) is 0 Å².